The molecule has 0 atom stereocenters. The number of nitrogens with zero attached hydrogens (tertiary/aromatic N) is 6. The second kappa shape index (κ2) is 16.3. The maximum absolute atomic E-state index is 13.8. The molecule has 2 N–H and O–H groups in total. The van der Waals surface area contributed by atoms with Crippen molar-refractivity contribution >= 4 is 56.1 Å². The largest absolute Gasteiger partial charge is 0.493 e. The molecule has 0 radical (unpaired) electrons. The highest BCUT2D eigenvalue weighted by atomic mass is 16.5. The molecule has 0 fully saturated rings. The molecule has 0 aliphatic rings. The van der Waals surface area contributed by atoms with Crippen LogP contribution in [0.25, 0.3) is 32.9 Å². The lowest BCUT2D eigenvalue weighted by Crippen LogP contribution is -2.25. The van der Waals surface area contributed by atoms with Crippen molar-refractivity contribution in [3.63, 3.8) is 0 Å². The zero-order valence-electron chi connectivity index (χ0n) is 33.3. The zero-order valence-corrected chi connectivity index (χ0v) is 33.3. The van der Waals surface area contributed by atoms with Crippen LogP contribution in [0.1, 0.15) is 43.2 Å². The average molecular weight is 791 g/mol. The van der Waals surface area contributed by atoms with E-state index in [0.29, 0.717) is 29.1 Å². The lowest BCUT2D eigenvalue weighted by atomic mass is 10.1. The summed E-state index contributed by atoms with van der Waals surface area (Å²) in [5, 5.41) is 20.0. The second-order valence-corrected chi connectivity index (χ2v) is 14.5. The number of fused-ring (bicyclic) bond motifs is 3. The van der Waals surface area contributed by atoms with Crippen LogP contribution in [0, 0.1) is 6.92 Å². The van der Waals surface area contributed by atoms with E-state index in [4.69, 9.17) is 13.9 Å². The molecule has 3 heterocycles. The number of methoxy groups -OCH3 is 2. The summed E-state index contributed by atoms with van der Waals surface area (Å²) in [4.78, 5) is 42.6. The summed E-state index contributed by atoms with van der Waals surface area (Å²) in [6, 6.07) is 29.6. The molecular formula is C45H42N8O6. The van der Waals surface area contributed by atoms with E-state index in [0.717, 1.165) is 64.2 Å². The fourth-order valence-corrected chi connectivity index (χ4v) is 7.20. The van der Waals surface area contributed by atoms with Crippen LogP contribution in [0.5, 0.6) is 11.5 Å². The number of amides is 2. The summed E-state index contributed by atoms with van der Waals surface area (Å²) in [5.41, 5.74) is 7.94. The predicted octanol–water partition coefficient (Wildman–Crippen LogP) is 7.04. The number of benzene rings is 5. The van der Waals surface area contributed by atoms with Crippen molar-refractivity contribution in [2.45, 2.75) is 26.4 Å². The van der Waals surface area contributed by atoms with Gasteiger partial charge in [-0.25, -0.2) is 4.68 Å². The monoisotopic (exact) mass is 790 g/mol. The quantitative estimate of drug-likeness (QED) is 0.124. The van der Waals surface area contributed by atoms with Gasteiger partial charge in [-0.05, 0) is 84.6 Å². The number of hydrogen-bond donors (Lipinski definition) is 2. The fraction of sp³-hybridized carbons (Fsp3) is 0.200. The van der Waals surface area contributed by atoms with E-state index in [2.05, 4.69) is 67.3 Å². The molecular weight excluding hydrogens is 749 g/mol. The Hall–Kier alpha value is -7.32. The first-order valence-corrected chi connectivity index (χ1v) is 19.0. The summed E-state index contributed by atoms with van der Waals surface area (Å²) >= 11 is 0. The summed E-state index contributed by atoms with van der Waals surface area (Å²) in [6.45, 7) is 4.07. The number of aryl methyl sites for hydroxylation is 3. The number of carbonyl (C=O) groups excluding carboxylic acids is 2. The Morgan fingerprint density at radius 1 is 0.763 bits per heavy atom. The standard InChI is InChI=1S/C45H42N8O6/c1-27-6-15-40-34(18-27)39(54)23-43(59-40)45(56)48-35-22-42(58-5)41(57-4)21-33(35)44(55)47-32-11-7-28(8-12-32)16-17-53(25-29-9-13-37-31(19-29)24-46-51(37)2)26-30-10-14-38-36(20-30)49-50-52(38)3/h6-15,18-24H,16-17,25-26H2,1-5H3,(H,47,55)(H,48,56). The van der Waals surface area contributed by atoms with Crippen molar-refractivity contribution in [3.8, 4) is 11.5 Å². The third kappa shape index (κ3) is 8.25. The minimum atomic E-state index is -0.712. The van der Waals surface area contributed by atoms with E-state index < -0.39 is 11.8 Å². The van der Waals surface area contributed by atoms with E-state index in [9.17, 15) is 14.4 Å². The number of aromatic nitrogens is 5. The SMILES string of the molecule is COc1cc(NC(=O)c2cc(=O)c3cc(C)ccc3o2)c(C(=O)Nc2ccc(CCN(Cc3ccc4c(cnn4C)c3)Cc3ccc4c(c3)nnn4C)cc2)cc1OC. The minimum Gasteiger partial charge on any atom is -0.493 e. The van der Waals surface area contributed by atoms with Gasteiger partial charge < -0.3 is 24.5 Å². The highest BCUT2D eigenvalue weighted by molar-refractivity contribution is 6.12. The number of anilines is 2. The van der Waals surface area contributed by atoms with Crippen molar-refractivity contribution in [2.75, 3.05) is 31.4 Å². The smallest absolute Gasteiger partial charge is 0.291 e. The molecule has 0 saturated carbocycles. The zero-order chi connectivity index (χ0) is 41.2. The van der Waals surface area contributed by atoms with Gasteiger partial charge in [0.15, 0.2) is 22.7 Å². The summed E-state index contributed by atoms with van der Waals surface area (Å²) in [7, 11) is 6.74. The van der Waals surface area contributed by atoms with Gasteiger partial charge in [0.2, 0.25) is 0 Å². The van der Waals surface area contributed by atoms with Crippen molar-refractivity contribution in [3.05, 3.63) is 147 Å². The first-order chi connectivity index (χ1) is 28.5. The molecule has 0 spiro atoms. The molecule has 59 heavy (non-hydrogen) atoms. The van der Waals surface area contributed by atoms with Gasteiger partial charge in [0.05, 0.1) is 48.1 Å². The molecule has 14 nitrogen and oxygen atoms in total. The van der Waals surface area contributed by atoms with Crippen molar-refractivity contribution in [2.24, 2.45) is 14.1 Å². The van der Waals surface area contributed by atoms with Gasteiger partial charge in [0.1, 0.15) is 11.1 Å². The number of carbonyl (C=O) groups is 2. The third-order valence-electron chi connectivity index (χ3n) is 10.3. The lowest BCUT2D eigenvalue weighted by molar-refractivity contribution is 0.0997. The Bertz CT molecular complexity index is 2850. The first kappa shape index (κ1) is 38.5. The second-order valence-electron chi connectivity index (χ2n) is 14.5. The third-order valence-corrected chi connectivity index (χ3v) is 10.3. The molecule has 3 aromatic heterocycles. The molecule has 298 valence electrons. The number of hydrogen-bond acceptors (Lipinski definition) is 10. The Balaban J connectivity index is 0.984. The van der Waals surface area contributed by atoms with Gasteiger partial charge in [0.25, 0.3) is 11.8 Å². The number of rotatable bonds is 13. The van der Waals surface area contributed by atoms with Crippen LogP contribution in [0.3, 0.4) is 0 Å². The van der Waals surface area contributed by atoms with Gasteiger partial charge >= 0.3 is 0 Å². The molecule has 5 aromatic carbocycles. The Morgan fingerprint density at radius 2 is 1.47 bits per heavy atom. The van der Waals surface area contributed by atoms with Gasteiger partial charge in [0, 0.05) is 56.9 Å². The maximum Gasteiger partial charge on any atom is 0.291 e. The van der Waals surface area contributed by atoms with Crippen molar-refractivity contribution < 1.29 is 23.5 Å². The van der Waals surface area contributed by atoms with E-state index in [1.165, 1.54) is 31.9 Å². The topological polar surface area (TPSA) is 159 Å². The van der Waals surface area contributed by atoms with E-state index in [-0.39, 0.29) is 28.0 Å². The number of ether oxygens (including phenoxy) is 2. The van der Waals surface area contributed by atoms with Gasteiger partial charge in [-0.1, -0.05) is 41.1 Å². The van der Waals surface area contributed by atoms with Gasteiger partial charge in [-0.3, -0.25) is 24.0 Å². The van der Waals surface area contributed by atoms with Crippen LogP contribution < -0.4 is 25.5 Å². The Labute approximate surface area is 338 Å². The molecule has 14 heteroatoms. The molecule has 2 amide bonds. The fourth-order valence-electron chi connectivity index (χ4n) is 7.20. The highest BCUT2D eigenvalue weighted by Gasteiger charge is 2.21. The summed E-state index contributed by atoms with van der Waals surface area (Å²) < 4.78 is 20.4. The molecule has 0 unspecified atom stereocenters. The minimum absolute atomic E-state index is 0.110. The molecule has 0 aliphatic heterocycles. The predicted molar refractivity (Wildman–Crippen MR) is 226 cm³/mol. The van der Waals surface area contributed by atoms with Crippen LogP contribution >= 0.6 is 0 Å². The molecule has 8 aromatic rings. The maximum atomic E-state index is 13.8. The van der Waals surface area contributed by atoms with Crippen LogP contribution in [0.2, 0.25) is 0 Å². The average Bonchev–Trinajstić information content (AvgIpc) is 3.80. The van der Waals surface area contributed by atoms with Crippen LogP contribution in [-0.4, -0.2) is 62.3 Å². The van der Waals surface area contributed by atoms with Crippen LogP contribution in [-0.2, 0) is 33.6 Å². The number of nitrogens with one attached hydrogen (secondary N) is 2. The van der Waals surface area contributed by atoms with Gasteiger partial charge in [-0.15, -0.1) is 5.10 Å². The Morgan fingerprint density at radius 3 is 2.24 bits per heavy atom. The molecule has 0 saturated heterocycles. The van der Waals surface area contributed by atoms with E-state index in [1.54, 1.807) is 22.9 Å². The summed E-state index contributed by atoms with van der Waals surface area (Å²) in [5.74, 6) is -0.833. The highest BCUT2D eigenvalue weighted by Crippen LogP contribution is 2.34. The molecule has 0 aliphatic carbocycles. The summed E-state index contributed by atoms with van der Waals surface area (Å²) in [6.07, 6.45) is 2.65. The Kier molecular flexibility index (Phi) is 10.6. The van der Waals surface area contributed by atoms with E-state index in [1.807, 2.05) is 56.2 Å². The van der Waals surface area contributed by atoms with Crippen LogP contribution in [0.15, 0.2) is 112 Å². The molecule has 0 bridgehead atoms. The van der Waals surface area contributed by atoms with Crippen LogP contribution in [0.4, 0.5) is 11.4 Å². The van der Waals surface area contributed by atoms with E-state index >= 15 is 0 Å². The molecule has 8 rings (SSSR count). The van der Waals surface area contributed by atoms with Crippen molar-refractivity contribution in [1.82, 2.24) is 29.7 Å². The first-order valence-electron chi connectivity index (χ1n) is 19.0. The normalized spacial score (nSPS) is 11.4. The lowest BCUT2D eigenvalue weighted by Gasteiger charge is -2.23. The van der Waals surface area contributed by atoms with Crippen molar-refractivity contribution in [1.29, 1.82) is 0 Å². The van der Waals surface area contributed by atoms with Gasteiger partial charge in [-0.2, -0.15) is 5.10 Å².